The first-order chi connectivity index (χ1) is 8.34. The Morgan fingerprint density at radius 1 is 1.24 bits per heavy atom. The van der Waals surface area contributed by atoms with Gasteiger partial charge in [-0.15, -0.1) is 0 Å². The van der Waals surface area contributed by atoms with Crippen molar-refractivity contribution in [3.63, 3.8) is 0 Å². The van der Waals surface area contributed by atoms with Crippen LogP contribution in [0.5, 0.6) is 5.75 Å². The van der Waals surface area contributed by atoms with Crippen LogP contribution in [-0.2, 0) is 0 Å². The van der Waals surface area contributed by atoms with Crippen molar-refractivity contribution in [2.24, 2.45) is 0 Å². The summed E-state index contributed by atoms with van der Waals surface area (Å²) in [6.07, 6.45) is 6.41. The second-order valence-electron chi connectivity index (χ2n) is 4.59. The first kappa shape index (κ1) is 12.9. The van der Waals surface area contributed by atoms with Crippen LogP contribution in [0.15, 0.2) is 28.7 Å². The van der Waals surface area contributed by atoms with E-state index in [1.54, 1.807) is 0 Å². The van der Waals surface area contributed by atoms with E-state index < -0.39 is 0 Å². The van der Waals surface area contributed by atoms with Crippen LogP contribution in [0.25, 0.3) is 0 Å². The van der Waals surface area contributed by atoms with Gasteiger partial charge in [-0.1, -0.05) is 22.0 Å². The minimum Gasteiger partial charge on any atom is -0.494 e. The molecule has 1 saturated carbocycles. The van der Waals surface area contributed by atoms with Crippen molar-refractivity contribution >= 4 is 15.9 Å². The molecule has 0 amide bonds. The van der Waals surface area contributed by atoms with Crippen LogP contribution in [0.2, 0.25) is 0 Å². The fraction of sp³-hybridized carbons (Fsp3) is 0.571. The topological polar surface area (TPSA) is 21.3 Å². The van der Waals surface area contributed by atoms with Gasteiger partial charge in [0.15, 0.2) is 0 Å². The minimum atomic E-state index is 0.819. The van der Waals surface area contributed by atoms with Crippen LogP contribution in [0.3, 0.4) is 0 Å². The summed E-state index contributed by atoms with van der Waals surface area (Å²) in [5.41, 5.74) is 0. The Morgan fingerprint density at radius 3 is 2.88 bits per heavy atom. The number of hydrogen-bond acceptors (Lipinski definition) is 2. The van der Waals surface area contributed by atoms with E-state index in [2.05, 4.69) is 21.2 Å². The summed E-state index contributed by atoms with van der Waals surface area (Å²) in [7, 11) is 0. The molecule has 1 aromatic carbocycles. The Kier molecular flexibility index (Phi) is 5.33. The summed E-state index contributed by atoms with van der Waals surface area (Å²) in [5.74, 6) is 0.954. The zero-order valence-corrected chi connectivity index (χ0v) is 11.7. The van der Waals surface area contributed by atoms with Gasteiger partial charge >= 0.3 is 0 Å². The van der Waals surface area contributed by atoms with Crippen molar-refractivity contribution in [2.45, 2.75) is 38.1 Å². The SMILES string of the molecule is Brc1cccc(OCCCCCNC2CC2)c1. The minimum absolute atomic E-state index is 0.819. The van der Waals surface area contributed by atoms with Crippen LogP contribution in [0, 0.1) is 0 Å². The predicted molar refractivity (Wildman–Crippen MR) is 74.5 cm³/mol. The van der Waals surface area contributed by atoms with Gasteiger partial charge in [-0.3, -0.25) is 0 Å². The van der Waals surface area contributed by atoms with E-state index >= 15 is 0 Å². The number of rotatable bonds is 8. The average molecular weight is 298 g/mol. The molecular weight excluding hydrogens is 278 g/mol. The summed E-state index contributed by atoms with van der Waals surface area (Å²) in [5, 5.41) is 3.53. The number of unbranched alkanes of at least 4 members (excludes halogenated alkanes) is 2. The summed E-state index contributed by atoms with van der Waals surface area (Å²) >= 11 is 3.44. The molecule has 1 aromatic rings. The zero-order valence-electron chi connectivity index (χ0n) is 10.1. The molecule has 17 heavy (non-hydrogen) atoms. The Hall–Kier alpha value is -0.540. The van der Waals surface area contributed by atoms with Gasteiger partial charge in [-0.05, 0) is 56.8 Å². The highest BCUT2D eigenvalue weighted by atomic mass is 79.9. The highest BCUT2D eigenvalue weighted by molar-refractivity contribution is 9.10. The molecule has 0 bridgehead atoms. The third-order valence-electron chi connectivity index (χ3n) is 2.90. The molecule has 0 aromatic heterocycles. The zero-order chi connectivity index (χ0) is 11.9. The molecule has 2 rings (SSSR count). The molecule has 1 N–H and O–H groups in total. The van der Waals surface area contributed by atoms with Gasteiger partial charge < -0.3 is 10.1 Å². The Morgan fingerprint density at radius 2 is 2.12 bits per heavy atom. The van der Waals surface area contributed by atoms with E-state index in [0.29, 0.717) is 0 Å². The van der Waals surface area contributed by atoms with E-state index in [4.69, 9.17) is 4.74 Å². The highest BCUT2D eigenvalue weighted by Crippen LogP contribution is 2.19. The van der Waals surface area contributed by atoms with Gasteiger partial charge in [0.1, 0.15) is 5.75 Å². The second-order valence-corrected chi connectivity index (χ2v) is 5.51. The van der Waals surface area contributed by atoms with Gasteiger partial charge in [0.25, 0.3) is 0 Å². The normalized spacial score (nSPS) is 14.9. The van der Waals surface area contributed by atoms with Gasteiger partial charge in [0.05, 0.1) is 6.61 Å². The molecule has 2 nitrogen and oxygen atoms in total. The van der Waals surface area contributed by atoms with E-state index in [1.807, 2.05) is 24.3 Å². The second kappa shape index (κ2) is 7.02. The number of ether oxygens (including phenoxy) is 1. The lowest BCUT2D eigenvalue weighted by atomic mass is 10.2. The van der Waals surface area contributed by atoms with Crippen LogP contribution < -0.4 is 10.1 Å². The van der Waals surface area contributed by atoms with Gasteiger partial charge in [0, 0.05) is 10.5 Å². The van der Waals surface area contributed by atoms with Crippen molar-refractivity contribution in [3.8, 4) is 5.75 Å². The molecule has 0 atom stereocenters. The first-order valence-electron chi connectivity index (χ1n) is 6.46. The largest absolute Gasteiger partial charge is 0.494 e. The molecule has 0 radical (unpaired) electrons. The molecule has 1 fully saturated rings. The van der Waals surface area contributed by atoms with Gasteiger partial charge in [-0.25, -0.2) is 0 Å². The third kappa shape index (κ3) is 5.55. The highest BCUT2D eigenvalue weighted by Gasteiger charge is 2.19. The molecule has 0 heterocycles. The molecule has 1 aliphatic rings. The first-order valence-corrected chi connectivity index (χ1v) is 7.25. The molecule has 0 spiro atoms. The average Bonchev–Trinajstić information content (AvgIpc) is 3.12. The quantitative estimate of drug-likeness (QED) is 0.738. The van der Waals surface area contributed by atoms with Crippen LogP contribution in [0.4, 0.5) is 0 Å². The fourth-order valence-corrected chi connectivity index (χ4v) is 2.12. The third-order valence-corrected chi connectivity index (χ3v) is 3.39. The van der Waals surface area contributed by atoms with Crippen LogP contribution >= 0.6 is 15.9 Å². The molecule has 0 saturated heterocycles. The van der Waals surface area contributed by atoms with E-state index in [-0.39, 0.29) is 0 Å². The van der Waals surface area contributed by atoms with Crippen LogP contribution in [0.1, 0.15) is 32.1 Å². The van der Waals surface area contributed by atoms with Crippen LogP contribution in [-0.4, -0.2) is 19.2 Å². The number of hydrogen-bond donors (Lipinski definition) is 1. The standard InChI is InChI=1S/C14H20BrNO/c15-12-5-4-6-14(11-12)17-10-3-1-2-9-16-13-7-8-13/h4-6,11,13,16H,1-3,7-10H2. The summed E-state index contributed by atoms with van der Waals surface area (Å²) in [6, 6.07) is 8.86. The maximum Gasteiger partial charge on any atom is 0.120 e. The van der Waals surface area contributed by atoms with E-state index in [1.165, 1.54) is 32.2 Å². The molecule has 3 heteroatoms. The van der Waals surface area contributed by atoms with Gasteiger partial charge in [-0.2, -0.15) is 0 Å². The smallest absolute Gasteiger partial charge is 0.120 e. The van der Waals surface area contributed by atoms with Crippen molar-refractivity contribution in [3.05, 3.63) is 28.7 Å². The Bertz CT molecular complexity index is 339. The lowest BCUT2D eigenvalue weighted by molar-refractivity contribution is 0.304. The summed E-state index contributed by atoms with van der Waals surface area (Å²) in [4.78, 5) is 0. The van der Waals surface area contributed by atoms with Crippen molar-refractivity contribution < 1.29 is 4.74 Å². The van der Waals surface area contributed by atoms with Crippen molar-refractivity contribution in [1.29, 1.82) is 0 Å². The lowest BCUT2D eigenvalue weighted by Gasteiger charge is -2.06. The summed E-state index contributed by atoms with van der Waals surface area (Å²) in [6.45, 7) is 1.99. The molecule has 94 valence electrons. The number of benzene rings is 1. The summed E-state index contributed by atoms with van der Waals surface area (Å²) < 4.78 is 6.75. The fourth-order valence-electron chi connectivity index (χ4n) is 1.74. The number of nitrogens with one attached hydrogen (secondary N) is 1. The maximum absolute atomic E-state index is 5.68. The Labute approximate surface area is 112 Å². The molecule has 0 unspecified atom stereocenters. The molecule has 0 aliphatic heterocycles. The van der Waals surface area contributed by atoms with Gasteiger partial charge in [0.2, 0.25) is 0 Å². The molecule has 1 aliphatic carbocycles. The Balaban J connectivity index is 1.47. The van der Waals surface area contributed by atoms with E-state index in [0.717, 1.165) is 29.3 Å². The maximum atomic E-state index is 5.68. The lowest BCUT2D eigenvalue weighted by Crippen LogP contribution is -2.17. The monoisotopic (exact) mass is 297 g/mol. The van der Waals surface area contributed by atoms with Crippen molar-refractivity contribution in [2.75, 3.05) is 13.2 Å². The molecular formula is C14H20BrNO. The predicted octanol–water partition coefficient (Wildman–Crippen LogP) is 3.75. The van der Waals surface area contributed by atoms with E-state index in [9.17, 15) is 0 Å². The van der Waals surface area contributed by atoms with Crippen molar-refractivity contribution in [1.82, 2.24) is 5.32 Å². The number of halogens is 1.